The van der Waals surface area contributed by atoms with Crippen LogP contribution in [0.5, 0.6) is 0 Å². The topological polar surface area (TPSA) is 45.6 Å². The van der Waals surface area contributed by atoms with E-state index in [4.69, 9.17) is 4.74 Å². The molecule has 1 aliphatic rings. The van der Waals surface area contributed by atoms with Crippen molar-refractivity contribution in [3.05, 3.63) is 0 Å². The van der Waals surface area contributed by atoms with E-state index in [0.29, 0.717) is 6.10 Å². The van der Waals surface area contributed by atoms with Crippen molar-refractivity contribution in [2.45, 2.75) is 39.2 Å². The van der Waals surface area contributed by atoms with E-state index in [1.54, 1.807) is 0 Å². The Morgan fingerprint density at radius 2 is 2.40 bits per heavy atom. The third kappa shape index (κ3) is 5.02. The van der Waals surface area contributed by atoms with Gasteiger partial charge in [-0.2, -0.15) is 0 Å². The molecule has 1 unspecified atom stereocenters. The molecule has 0 amide bonds. The lowest BCUT2D eigenvalue weighted by Gasteiger charge is -2.15. The molecule has 2 N–H and O–H groups in total. The molecule has 0 saturated heterocycles. The number of nitrogens with one attached hydrogen (secondary N) is 2. The van der Waals surface area contributed by atoms with Crippen LogP contribution in [0, 0.1) is 0 Å². The second-order valence-electron chi connectivity index (χ2n) is 3.77. The van der Waals surface area contributed by atoms with Gasteiger partial charge in [0.2, 0.25) is 0 Å². The summed E-state index contributed by atoms with van der Waals surface area (Å²) in [5.41, 5.74) is 0. The average Bonchev–Trinajstić information content (AvgIpc) is 2.75. The van der Waals surface area contributed by atoms with Crippen LogP contribution in [0.2, 0.25) is 0 Å². The molecule has 1 aliphatic heterocycles. The van der Waals surface area contributed by atoms with E-state index in [0.717, 1.165) is 45.0 Å². The Morgan fingerprint density at radius 3 is 3.00 bits per heavy atom. The van der Waals surface area contributed by atoms with E-state index in [-0.39, 0.29) is 0 Å². The Bertz CT molecular complexity index is 194. The molecule has 0 aromatic rings. The number of guanidine groups is 1. The summed E-state index contributed by atoms with van der Waals surface area (Å²) >= 11 is 0. The molecule has 15 heavy (non-hydrogen) atoms. The van der Waals surface area contributed by atoms with Crippen LogP contribution in [0.1, 0.15) is 33.1 Å². The molecule has 0 aliphatic carbocycles. The van der Waals surface area contributed by atoms with Crippen LogP contribution in [0.15, 0.2) is 4.99 Å². The zero-order valence-electron chi connectivity index (χ0n) is 9.88. The van der Waals surface area contributed by atoms with Gasteiger partial charge in [-0.25, -0.2) is 0 Å². The van der Waals surface area contributed by atoms with E-state index < -0.39 is 0 Å². The van der Waals surface area contributed by atoms with Crippen LogP contribution in [0.25, 0.3) is 0 Å². The smallest absolute Gasteiger partial charge is 0.191 e. The minimum absolute atomic E-state index is 0.426. The zero-order valence-corrected chi connectivity index (χ0v) is 9.88. The van der Waals surface area contributed by atoms with Crippen molar-refractivity contribution >= 4 is 5.96 Å². The number of ether oxygens (including phenoxy) is 1. The minimum Gasteiger partial charge on any atom is -0.376 e. The second-order valence-corrected chi connectivity index (χ2v) is 3.77. The molecule has 0 radical (unpaired) electrons. The Kier molecular flexibility index (Phi) is 6.16. The third-order valence-electron chi connectivity index (χ3n) is 2.49. The highest BCUT2D eigenvalue weighted by molar-refractivity contribution is 5.81. The first-order chi connectivity index (χ1) is 7.36. The van der Waals surface area contributed by atoms with E-state index in [9.17, 15) is 0 Å². The van der Waals surface area contributed by atoms with Gasteiger partial charge in [0.15, 0.2) is 5.96 Å². The fourth-order valence-electron chi connectivity index (χ4n) is 1.64. The molecule has 0 saturated carbocycles. The predicted molar refractivity (Wildman–Crippen MR) is 63.2 cm³/mol. The molecule has 1 heterocycles. The molecule has 4 nitrogen and oxygen atoms in total. The van der Waals surface area contributed by atoms with Gasteiger partial charge in [0, 0.05) is 13.1 Å². The Morgan fingerprint density at radius 1 is 1.53 bits per heavy atom. The molecular formula is C11H23N3O. The monoisotopic (exact) mass is 213 g/mol. The fraction of sp³-hybridized carbons (Fsp3) is 0.909. The van der Waals surface area contributed by atoms with Gasteiger partial charge < -0.3 is 15.4 Å². The molecule has 0 aromatic carbocycles. The highest BCUT2D eigenvalue weighted by Gasteiger charge is 2.06. The van der Waals surface area contributed by atoms with Crippen LogP contribution >= 0.6 is 0 Å². The molecule has 0 aromatic heterocycles. The number of hydrogen-bond acceptors (Lipinski definition) is 4. The van der Waals surface area contributed by atoms with E-state index in [2.05, 4.69) is 29.5 Å². The molecule has 1 rings (SSSR count). The maximum absolute atomic E-state index is 5.75. The minimum atomic E-state index is 0.426. The molecule has 4 heteroatoms. The summed E-state index contributed by atoms with van der Waals surface area (Å²) < 4.78 is 5.75. The molecule has 1 atom stereocenters. The van der Waals surface area contributed by atoms with Crippen molar-refractivity contribution < 1.29 is 4.74 Å². The van der Waals surface area contributed by atoms with Crippen LogP contribution in [-0.4, -0.2) is 38.3 Å². The summed E-state index contributed by atoms with van der Waals surface area (Å²) in [4.78, 5) is 4.25. The van der Waals surface area contributed by atoms with Crippen molar-refractivity contribution in [1.82, 2.24) is 10.6 Å². The maximum atomic E-state index is 5.75. The molecular weight excluding hydrogens is 190 g/mol. The van der Waals surface area contributed by atoms with Gasteiger partial charge in [0.25, 0.3) is 0 Å². The summed E-state index contributed by atoms with van der Waals surface area (Å²) in [6.07, 6.45) is 3.89. The first-order valence-corrected chi connectivity index (χ1v) is 6.00. The number of nitrogens with zero attached hydrogens (tertiary/aromatic N) is 1. The van der Waals surface area contributed by atoms with Crippen LogP contribution in [-0.2, 0) is 4.74 Å². The van der Waals surface area contributed by atoms with Crippen molar-refractivity contribution in [3.63, 3.8) is 0 Å². The largest absolute Gasteiger partial charge is 0.376 e. The van der Waals surface area contributed by atoms with Crippen molar-refractivity contribution in [2.24, 2.45) is 4.99 Å². The summed E-state index contributed by atoms with van der Waals surface area (Å²) in [5.74, 6) is 0.919. The maximum Gasteiger partial charge on any atom is 0.191 e. The van der Waals surface area contributed by atoms with Gasteiger partial charge >= 0.3 is 0 Å². The lowest BCUT2D eigenvalue weighted by Crippen LogP contribution is -2.36. The molecule has 0 bridgehead atoms. The predicted octanol–water partition coefficient (Wildman–Crippen LogP) is 1.13. The Hall–Kier alpha value is -0.770. The van der Waals surface area contributed by atoms with E-state index in [1.165, 1.54) is 6.42 Å². The fourth-order valence-corrected chi connectivity index (χ4v) is 1.64. The first-order valence-electron chi connectivity index (χ1n) is 6.00. The second kappa shape index (κ2) is 7.51. The van der Waals surface area contributed by atoms with Gasteiger partial charge in [-0.15, -0.1) is 0 Å². The summed E-state index contributed by atoms with van der Waals surface area (Å²) in [6.45, 7) is 7.82. The molecule has 0 fully saturated rings. The molecule has 88 valence electrons. The van der Waals surface area contributed by atoms with E-state index in [1.807, 2.05) is 0 Å². The van der Waals surface area contributed by atoms with Crippen molar-refractivity contribution in [2.75, 3.05) is 26.2 Å². The molecule has 0 spiro atoms. The highest BCUT2D eigenvalue weighted by atomic mass is 16.5. The van der Waals surface area contributed by atoms with Crippen molar-refractivity contribution in [3.8, 4) is 0 Å². The van der Waals surface area contributed by atoms with Gasteiger partial charge in [-0.05, 0) is 12.8 Å². The van der Waals surface area contributed by atoms with Crippen LogP contribution < -0.4 is 10.6 Å². The summed E-state index contributed by atoms with van der Waals surface area (Å²) in [5, 5.41) is 6.38. The third-order valence-corrected chi connectivity index (χ3v) is 2.49. The lowest BCUT2D eigenvalue weighted by atomic mass is 10.2. The average molecular weight is 213 g/mol. The number of hydrogen-bond donors (Lipinski definition) is 2. The normalized spacial score (nSPS) is 17.1. The van der Waals surface area contributed by atoms with Gasteiger partial charge in [-0.3, -0.25) is 4.99 Å². The van der Waals surface area contributed by atoms with Crippen LogP contribution in [0.3, 0.4) is 0 Å². The Balaban J connectivity index is 1.99. The lowest BCUT2D eigenvalue weighted by molar-refractivity contribution is 0.0481. The SMILES string of the molecule is CCCC(CC)OCCNC1=NCCN1. The first kappa shape index (κ1) is 12.3. The van der Waals surface area contributed by atoms with Gasteiger partial charge in [0.05, 0.1) is 19.3 Å². The van der Waals surface area contributed by atoms with Gasteiger partial charge in [-0.1, -0.05) is 20.3 Å². The summed E-state index contributed by atoms with van der Waals surface area (Å²) in [7, 11) is 0. The highest BCUT2D eigenvalue weighted by Crippen LogP contribution is 2.05. The Labute approximate surface area is 92.5 Å². The quantitative estimate of drug-likeness (QED) is 0.623. The standard InChI is InChI=1S/C11H23N3O/c1-3-5-10(4-2)15-9-8-14-11-12-6-7-13-11/h10H,3-9H2,1-2H3,(H2,12,13,14). The van der Waals surface area contributed by atoms with Crippen LogP contribution in [0.4, 0.5) is 0 Å². The van der Waals surface area contributed by atoms with E-state index >= 15 is 0 Å². The van der Waals surface area contributed by atoms with Gasteiger partial charge in [0.1, 0.15) is 0 Å². The zero-order chi connectivity index (χ0) is 10.9. The number of aliphatic imine (C=N–C) groups is 1. The van der Waals surface area contributed by atoms with Crippen molar-refractivity contribution in [1.29, 1.82) is 0 Å². The number of rotatable bonds is 7. The summed E-state index contributed by atoms with van der Waals surface area (Å²) in [6, 6.07) is 0.